The van der Waals surface area contributed by atoms with Crippen LogP contribution >= 0.6 is 0 Å². The molecular weight excluding hydrogens is 434 g/mol. The number of hydrogen-bond acceptors (Lipinski definition) is 4. The SMILES string of the molecule is C=C(C)[C@@H]1CC[C@]2(C(=O)OC)CC[C@]3(C)[C@H](CC[C@@H]4[C@@]5(C)CC/C(=N/O)C(C)(C)[C@H]5CC[C@]43C)[C@H]12. The van der Waals surface area contributed by atoms with Gasteiger partial charge in [0, 0.05) is 5.41 Å². The third-order valence-electron chi connectivity index (χ3n) is 13.6. The van der Waals surface area contributed by atoms with Crippen LogP contribution in [-0.4, -0.2) is 24.0 Å². The molecule has 0 aliphatic heterocycles. The minimum absolute atomic E-state index is 0.0427. The summed E-state index contributed by atoms with van der Waals surface area (Å²) in [5.74, 6) is 2.62. The fourth-order valence-electron chi connectivity index (χ4n) is 11.7. The Kier molecular flexibility index (Phi) is 5.67. The Morgan fingerprint density at radius 2 is 1.66 bits per heavy atom. The van der Waals surface area contributed by atoms with E-state index in [9.17, 15) is 10.0 Å². The van der Waals surface area contributed by atoms with Gasteiger partial charge in [-0.05, 0) is 117 Å². The molecule has 5 rings (SSSR count). The molecule has 0 bridgehead atoms. The van der Waals surface area contributed by atoms with Crippen LogP contribution in [0.5, 0.6) is 0 Å². The fraction of sp³-hybridized carbons (Fsp3) is 0.871. The first-order valence-electron chi connectivity index (χ1n) is 14.3. The highest BCUT2D eigenvalue weighted by Crippen LogP contribution is 2.77. The number of hydrogen-bond donors (Lipinski definition) is 1. The molecule has 9 atom stereocenters. The van der Waals surface area contributed by atoms with Crippen LogP contribution in [0.3, 0.4) is 0 Å². The van der Waals surface area contributed by atoms with Crippen molar-refractivity contribution >= 4 is 11.7 Å². The van der Waals surface area contributed by atoms with Gasteiger partial charge in [0.25, 0.3) is 0 Å². The zero-order valence-electron chi connectivity index (χ0n) is 23.4. The molecule has 5 saturated carbocycles. The molecular formula is C31H49NO3. The highest BCUT2D eigenvalue weighted by atomic mass is 16.5. The monoisotopic (exact) mass is 483 g/mol. The van der Waals surface area contributed by atoms with Gasteiger partial charge >= 0.3 is 5.97 Å². The average Bonchev–Trinajstić information content (AvgIpc) is 3.20. The maximum absolute atomic E-state index is 13.4. The van der Waals surface area contributed by atoms with E-state index in [1.54, 1.807) is 7.11 Å². The first kappa shape index (κ1) is 25.3. The Labute approximate surface area is 213 Å². The Balaban J connectivity index is 1.56. The van der Waals surface area contributed by atoms with E-state index in [-0.39, 0.29) is 33.0 Å². The number of ether oxygens (including phenoxy) is 1. The predicted octanol–water partition coefficient (Wildman–Crippen LogP) is 7.65. The van der Waals surface area contributed by atoms with Crippen LogP contribution in [0.2, 0.25) is 0 Å². The number of fused-ring (bicyclic) bond motifs is 7. The molecule has 0 aromatic heterocycles. The first-order chi connectivity index (χ1) is 16.3. The number of carbonyl (C=O) groups is 1. The maximum Gasteiger partial charge on any atom is 0.312 e. The zero-order valence-corrected chi connectivity index (χ0v) is 23.4. The largest absolute Gasteiger partial charge is 0.469 e. The molecule has 5 fully saturated rings. The van der Waals surface area contributed by atoms with Gasteiger partial charge in [-0.3, -0.25) is 4.79 Å². The second-order valence-electron chi connectivity index (χ2n) is 14.6. The van der Waals surface area contributed by atoms with Crippen LogP contribution < -0.4 is 0 Å². The normalized spacial score (nSPS) is 51.5. The van der Waals surface area contributed by atoms with E-state index in [1.165, 1.54) is 31.3 Å². The summed E-state index contributed by atoms with van der Waals surface area (Å²) in [5, 5.41) is 13.5. The number of rotatable bonds is 2. The quantitative estimate of drug-likeness (QED) is 0.190. The third kappa shape index (κ3) is 2.98. The smallest absolute Gasteiger partial charge is 0.312 e. The van der Waals surface area contributed by atoms with Crippen molar-refractivity contribution in [3.63, 3.8) is 0 Å². The average molecular weight is 484 g/mol. The van der Waals surface area contributed by atoms with E-state index < -0.39 is 0 Å². The molecule has 0 radical (unpaired) electrons. The number of methoxy groups -OCH3 is 1. The molecule has 196 valence electrons. The van der Waals surface area contributed by atoms with Gasteiger partial charge in [0.15, 0.2) is 0 Å². The van der Waals surface area contributed by atoms with E-state index >= 15 is 0 Å². The molecule has 4 heteroatoms. The van der Waals surface area contributed by atoms with Gasteiger partial charge in [0.1, 0.15) is 0 Å². The zero-order chi connectivity index (χ0) is 25.6. The minimum atomic E-state index is -0.313. The van der Waals surface area contributed by atoms with Crippen LogP contribution in [0.1, 0.15) is 106 Å². The van der Waals surface area contributed by atoms with Gasteiger partial charge in [0.2, 0.25) is 0 Å². The van der Waals surface area contributed by atoms with Crippen LogP contribution in [-0.2, 0) is 9.53 Å². The Hall–Kier alpha value is -1.32. The van der Waals surface area contributed by atoms with Crippen molar-refractivity contribution in [1.29, 1.82) is 0 Å². The lowest BCUT2D eigenvalue weighted by Gasteiger charge is -2.72. The molecule has 1 N–H and O–H groups in total. The third-order valence-corrected chi connectivity index (χ3v) is 13.6. The van der Waals surface area contributed by atoms with Crippen LogP contribution in [0.4, 0.5) is 0 Å². The van der Waals surface area contributed by atoms with Crippen molar-refractivity contribution in [3.8, 4) is 0 Å². The highest BCUT2D eigenvalue weighted by Gasteiger charge is 2.72. The molecule has 5 aliphatic carbocycles. The summed E-state index contributed by atoms with van der Waals surface area (Å²) < 4.78 is 5.50. The summed E-state index contributed by atoms with van der Waals surface area (Å²) >= 11 is 0. The summed E-state index contributed by atoms with van der Waals surface area (Å²) in [7, 11) is 1.59. The van der Waals surface area contributed by atoms with Crippen molar-refractivity contribution in [2.75, 3.05) is 7.11 Å². The summed E-state index contributed by atoms with van der Waals surface area (Å²) in [6.07, 6.45) is 11.1. The van der Waals surface area contributed by atoms with Crippen LogP contribution in [0.15, 0.2) is 17.3 Å². The maximum atomic E-state index is 13.4. The van der Waals surface area contributed by atoms with Crippen molar-refractivity contribution < 1.29 is 14.7 Å². The molecule has 5 aliphatic rings. The topological polar surface area (TPSA) is 58.9 Å². The molecule has 0 amide bonds. The van der Waals surface area contributed by atoms with Crippen molar-refractivity contribution in [1.82, 2.24) is 0 Å². The number of esters is 1. The molecule has 0 aromatic carbocycles. The summed E-state index contributed by atoms with van der Waals surface area (Å²) in [6.45, 7) is 19.1. The van der Waals surface area contributed by atoms with Gasteiger partial charge < -0.3 is 9.94 Å². The summed E-state index contributed by atoms with van der Waals surface area (Å²) in [5.41, 5.74) is 2.64. The second-order valence-corrected chi connectivity index (χ2v) is 14.6. The van der Waals surface area contributed by atoms with Crippen molar-refractivity contribution in [2.45, 2.75) is 106 Å². The number of allylic oxidation sites excluding steroid dienone is 1. The van der Waals surface area contributed by atoms with E-state index in [0.29, 0.717) is 29.6 Å². The first-order valence-corrected chi connectivity index (χ1v) is 14.3. The lowest BCUT2D eigenvalue weighted by atomic mass is 9.32. The van der Waals surface area contributed by atoms with Crippen molar-refractivity contribution in [3.05, 3.63) is 12.2 Å². The highest BCUT2D eigenvalue weighted by molar-refractivity contribution is 5.90. The second kappa shape index (κ2) is 7.84. The van der Waals surface area contributed by atoms with Gasteiger partial charge in [0.05, 0.1) is 18.2 Å². The molecule has 4 nitrogen and oxygen atoms in total. The van der Waals surface area contributed by atoms with Gasteiger partial charge in [-0.2, -0.15) is 0 Å². The van der Waals surface area contributed by atoms with E-state index in [4.69, 9.17) is 4.74 Å². The molecule has 35 heavy (non-hydrogen) atoms. The molecule has 0 aromatic rings. The Bertz CT molecular complexity index is 953. The van der Waals surface area contributed by atoms with E-state index in [0.717, 1.165) is 44.2 Å². The Morgan fingerprint density at radius 1 is 0.943 bits per heavy atom. The van der Waals surface area contributed by atoms with Crippen LogP contribution in [0, 0.1) is 56.7 Å². The van der Waals surface area contributed by atoms with E-state index in [1.807, 2.05) is 0 Å². The number of carbonyl (C=O) groups excluding carboxylic acids is 1. The Morgan fingerprint density at radius 3 is 2.29 bits per heavy atom. The molecule has 0 spiro atoms. The predicted molar refractivity (Wildman–Crippen MR) is 140 cm³/mol. The molecule has 0 saturated heterocycles. The lowest BCUT2D eigenvalue weighted by molar-refractivity contribution is -0.230. The molecule has 0 unspecified atom stereocenters. The number of nitrogens with zero attached hydrogens (tertiary/aromatic N) is 1. The molecule has 0 heterocycles. The summed E-state index contributed by atoms with van der Waals surface area (Å²) in [6, 6.07) is 0. The number of oxime groups is 1. The van der Waals surface area contributed by atoms with E-state index in [2.05, 4.69) is 53.3 Å². The van der Waals surface area contributed by atoms with Gasteiger partial charge in [-0.25, -0.2) is 0 Å². The summed E-state index contributed by atoms with van der Waals surface area (Å²) in [4.78, 5) is 13.4. The van der Waals surface area contributed by atoms with Crippen LogP contribution in [0.25, 0.3) is 0 Å². The standard InChI is InChI=1S/C31H49NO3/c1-19(2)20-11-16-31(26(33)35-8)18-17-29(6)21(25(20)31)9-10-23-28(5)14-13-24(32-34)27(3,4)22(28)12-15-30(23,29)7/h20-23,25,34H,1,9-18H2,2-8H3/b32-24-/t20-,21+,22+,23+,25-,28-,29+,30+,31-/m0/s1. The fourth-order valence-corrected chi connectivity index (χ4v) is 11.7. The minimum Gasteiger partial charge on any atom is -0.469 e. The van der Waals surface area contributed by atoms with Gasteiger partial charge in [-0.15, -0.1) is 0 Å². The van der Waals surface area contributed by atoms with Gasteiger partial charge in [-0.1, -0.05) is 51.9 Å². The lowest BCUT2D eigenvalue weighted by Crippen LogP contribution is -2.66. The van der Waals surface area contributed by atoms with Crippen molar-refractivity contribution in [2.24, 2.45) is 61.8 Å².